The number of esters is 1. The number of carbonyl (C=O) groups excluding carboxylic acids is 2. The first-order valence-corrected chi connectivity index (χ1v) is 9.68. The Balaban J connectivity index is 2.10. The van der Waals surface area contributed by atoms with Gasteiger partial charge in [-0.1, -0.05) is 29.8 Å². The van der Waals surface area contributed by atoms with Crippen LogP contribution >= 0.6 is 0 Å². The Morgan fingerprint density at radius 1 is 1.07 bits per heavy atom. The second kappa shape index (κ2) is 8.95. The zero-order chi connectivity index (χ0) is 21.0. The van der Waals surface area contributed by atoms with Crippen LogP contribution in [0.3, 0.4) is 0 Å². The summed E-state index contributed by atoms with van der Waals surface area (Å²) in [6.45, 7) is 3.98. The maximum Gasteiger partial charge on any atom is 0.317 e. The first kappa shape index (κ1) is 20.6. The van der Waals surface area contributed by atoms with E-state index in [9.17, 15) is 9.59 Å². The summed E-state index contributed by atoms with van der Waals surface area (Å²) in [7, 11) is 3.16. The molecule has 152 valence electrons. The first-order valence-electron chi connectivity index (χ1n) is 9.68. The minimum Gasteiger partial charge on any atom is -0.497 e. The van der Waals surface area contributed by atoms with Crippen molar-refractivity contribution in [2.75, 3.05) is 20.8 Å². The molecule has 5 heteroatoms. The molecule has 0 aromatic heterocycles. The molecule has 0 saturated carbocycles. The van der Waals surface area contributed by atoms with Gasteiger partial charge in [-0.3, -0.25) is 9.59 Å². The number of ketones is 1. The van der Waals surface area contributed by atoms with Crippen molar-refractivity contribution in [3.63, 3.8) is 0 Å². The van der Waals surface area contributed by atoms with E-state index in [4.69, 9.17) is 14.2 Å². The van der Waals surface area contributed by atoms with Gasteiger partial charge in [0.25, 0.3) is 0 Å². The SMILES string of the molecule is CCOC(=O)C1C(=O)C=C(c2ccc(C)cc2)CC1c1cc(OC)ccc1OC. The van der Waals surface area contributed by atoms with Gasteiger partial charge in [0.1, 0.15) is 17.4 Å². The lowest BCUT2D eigenvalue weighted by atomic mass is 9.73. The lowest BCUT2D eigenvalue weighted by molar-refractivity contribution is -0.151. The highest BCUT2D eigenvalue weighted by Gasteiger charge is 2.41. The molecule has 1 aliphatic carbocycles. The normalized spacial score (nSPS) is 18.8. The number of carbonyl (C=O) groups is 2. The molecule has 0 spiro atoms. The van der Waals surface area contributed by atoms with Crippen LogP contribution in [0.2, 0.25) is 0 Å². The summed E-state index contributed by atoms with van der Waals surface area (Å²) in [5.74, 6) is -0.824. The number of benzene rings is 2. The van der Waals surface area contributed by atoms with Crippen molar-refractivity contribution in [3.8, 4) is 11.5 Å². The van der Waals surface area contributed by atoms with Crippen LogP contribution in [0.4, 0.5) is 0 Å². The van der Waals surface area contributed by atoms with Gasteiger partial charge in [-0.15, -0.1) is 0 Å². The van der Waals surface area contributed by atoms with Crippen LogP contribution in [0.15, 0.2) is 48.5 Å². The second-order valence-electron chi connectivity index (χ2n) is 7.09. The molecule has 2 unspecified atom stereocenters. The molecule has 1 aliphatic rings. The van der Waals surface area contributed by atoms with Crippen LogP contribution in [0.5, 0.6) is 11.5 Å². The number of hydrogen-bond donors (Lipinski definition) is 0. The van der Waals surface area contributed by atoms with E-state index < -0.39 is 17.8 Å². The summed E-state index contributed by atoms with van der Waals surface area (Å²) in [4.78, 5) is 25.7. The average molecular weight is 394 g/mol. The van der Waals surface area contributed by atoms with Gasteiger partial charge in [0, 0.05) is 11.5 Å². The van der Waals surface area contributed by atoms with Gasteiger partial charge in [0.2, 0.25) is 0 Å². The summed E-state index contributed by atoms with van der Waals surface area (Å²) in [5.41, 5.74) is 3.77. The average Bonchev–Trinajstić information content (AvgIpc) is 2.73. The largest absolute Gasteiger partial charge is 0.497 e. The van der Waals surface area contributed by atoms with Gasteiger partial charge in [-0.25, -0.2) is 0 Å². The van der Waals surface area contributed by atoms with E-state index in [1.54, 1.807) is 39.4 Å². The molecular weight excluding hydrogens is 368 g/mol. The third-order valence-electron chi connectivity index (χ3n) is 5.26. The molecule has 5 nitrogen and oxygen atoms in total. The van der Waals surface area contributed by atoms with Crippen LogP contribution in [-0.2, 0) is 14.3 Å². The minimum atomic E-state index is -0.912. The summed E-state index contributed by atoms with van der Waals surface area (Å²) in [6.07, 6.45) is 2.09. The fourth-order valence-electron chi connectivity index (χ4n) is 3.77. The Morgan fingerprint density at radius 2 is 1.79 bits per heavy atom. The molecule has 0 amide bonds. The Hall–Kier alpha value is -3.08. The number of hydrogen-bond acceptors (Lipinski definition) is 5. The van der Waals surface area contributed by atoms with E-state index in [0.717, 1.165) is 22.3 Å². The maximum atomic E-state index is 13.0. The molecule has 2 aromatic rings. The van der Waals surface area contributed by atoms with Crippen molar-refractivity contribution in [2.24, 2.45) is 5.92 Å². The molecule has 0 N–H and O–H groups in total. The van der Waals surface area contributed by atoms with Crippen molar-refractivity contribution in [1.82, 2.24) is 0 Å². The molecule has 2 atom stereocenters. The number of ether oxygens (including phenoxy) is 3. The van der Waals surface area contributed by atoms with Crippen LogP contribution in [0.1, 0.15) is 36.0 Å². The standard InChI is InChI=1S/C24H26O5/c1-5-29-24(26)23-20(19-14-18(27-3)10-11-22(19)28-4)12-17(13-21(23)25)16-8-6-15(2)7-9-16/h6-11,13-14,20,23H,5,12H2,1-4H3. The number of aryl methyl sites for hydroxylation is 1. The minimum absolute atomic E-state index is 0.221. The quantitative estimate of drug-likeness (QED) is 0.539. The van der Waals surface area contributed by atoms with E-state index in [1.165, 1.54) is 0 Å². The van der Waals surface area contributed by atoms with Crippen molar-refractivity contribution in [1.29, 1.82) is 0 Å². The third kappa shape index (κ3) is 4.34. The maximum absolute atomic E-state index is 13.0. The summed E-state index contributed by atoms with van der Waals surface area (Å²) >= 11 is 0. The van der Waals surface area contributed by atoms with Crippen LogP contribution in [-0.4, -0.2) is 32.6 Å². The Bertz CT molecular complexity index is 927. The molecule has 3 rings (SSSR count). The van der Waals surface area contributed by atoms with Crippen LogP contribution in [0.25, 0.3) is 5.57 Å². The van der Waals surface area contributed by atoms with E-state index in [-0.39, 0.29) is 12.4 Å². The first-order chi connectivity index (χ1) is 14.0. The van der Waals surface area contributed by atoms with Crippen LogP contribution in [0, 0.1) is 12.8 Å². The van der Waals surface area contributed by atoms with Gasteiger partial charge in [0.15, 0.2) is 5.78 Å². The van der Waals surface area contributed by atoms with Crippen molar-refractivity contribution in [3.05, 3.63) is 65.2 Å². The molecule has 0 heterocycles. The molecule has 0 fully saturated rings. The topological polar surface area (TPSA) is 61.8 Å². The Labute approximate surface area is 171 Å². The second-order valence-corrected chi connectivity index (χ2v) is 7.09. The fraction of sp³-hybridized carbons (Fsp3) is 0.333. The molecule has 29 heavy (non-hydrogen) atoms. The zero-order valence-electron chi connectivity index (χ0n) is 17.2. The summed E-state index contributed by atoms with van der Waals surface area (Å²) in [6, 6.07) is 13.4. The van der Waals surface area contributed by atoms with E-state index in [2.05, 4.69) is 0 Å². The van der Waals surface area contributed by atoms with Crippen molar-refractivity contribution < 1.29 is 23.8 Å². The fourth-order valence-corrected chi connectivity index (χ4v) is 3.77. The molecule has 2 aromatic carbocycles. The molecular formula is C24H26O5. The molecule has 0 bridgehead atoms. The van der Waals surface area contributed by atoms with Crippen molar-refractivity contribution in [2.45, 2.75) is 26.2 Å². The Morgan fingerprint density at radius 3 is 2.41 bits per heavy atom. The molecule has 0 saturated heterocycles. The monoisotopic (exact) mass is 394 g/mol. The lowest BCUT2D eigenvalue weighted by Crippen LogP contribution is -2.34. The zero-order valence-corrected chi connectivity index (χ0v) is 17.2. The van der Waals surface area contributed by atoms with Gasteiger partial charge in [-0.2, -0.15) is 0 Å². The predicted molar refractivity (Wildman–Crippen MR) is 111 cm³/mol. The summed E-state index contributed by atoms with van der Waals surface area (Å²) in [5, 5.41) is 0. The Kier molecular flexibility index (Phi) is 6.37. The van der Waals surface area contributed by atoms with E-state index >= 15 is 0 Å². The van der Waals surface area contributed by atoms with E-state index in [0.29, 0.717) is 17.9 Å². The van der Waals surface area contributed by atoms with Gasteiger partial charge in [-0.05, 0) is 55.7 Å². The highest BCUT2D eigenvalue weighted by Crippen LogP contribution is 2.44. The van der Waals surface area contributed by atoms with Gasteiger partial charge in [0.05, 0.1) is 20.8 Å². The highest BCUT2D eigenvalue weighted by atomic mass is 16.5. The van der Waals surface area contributed by atoms with Crippen LogP contribution < -0.4 is 9.47 Å². The van der Waals surface area contributed by atoms with Gasteiger partial charge >= 0.3 is 5.97 Å². The number of allylic oxidation sites excluding steroid dienone is 2. The third-order valence-corrected chi connectivity index (χ3v) is 5.26. The van der Waals surface area contributed by atoms with E-state index in [1.807, 2.05) is 37.3 Å². The highest BCUT2D eigenvalue weighted by molar-refractivity contribution is 6.10. The number of rotatable bonds is 6. The molecule has 0 radical (unpaired) electrons. The smallest absolute Gasteiger partial charge is 0.317 e. The lowest BCUT2D eigenvalue weighted by Gasteiger charge is -2.30. The predicted octanol–water partition coefficient (Wildman–Crippen LogP) is 4.33. The van der Waals surface area contributed by atoms with Gasteiger partial charge < -0.3 is 14.2 Å². The summed E-state index contributed by atoms with van der Waals surface area (Å²) < 4.78 is 16.1. The molecule has 0 aliphatic heterocycles. The van der Waals surface area contributed by atoms with Crippen molar-refractivity contribution >= 4 is 17.3 Å². The number of methoxy groups -OCH3 is 2.